The zero-order valence-corrected chi connectivity index (χ0v) is 16.0. The third-order valence-corrected chi connectivity index (χ3v) is 7.86. The second-order valence-corrected chi connectivity index (χ2v) is 8.71. The second-order valence-electron chi connectivity index (χ2n) is 6.80. The van der Waals surface area contributed by atoms with E-state index in [4.69, 9.17) is 4.74 Å². The number of fused-ring (bicyclic) bond motifs is 1. The molecule has 3 fully saturated rings. The van der Waals surface area contributed by atoms with Crippen molar-refractivity contribution < 1.29 is 14.3 Å². The molecule has 0 spiro atoms. The first kappa shape index (κ1) is 15.6. The number of carbonyl (C=O) groups is 2. The van der Waals surface area contributed by atoms with E-state index in [0.29, 0.717) is 0 Å². The Kier molecular flexibility index (Phi) is 3.61. The maximum Gasteiger partial charge on any atom is 0.310 e. The number of amides is 1. The molecule has 1 N–H and O–H groups in total. The van der Waals surface area contributed by atoms with Crippen molar-refractivity contribution in [2.45, 2.75) is 31.2 Å². The summed E-state index contributed by atoms with van der Waals surface area (Å²) in [7, 11) is 0. The Hall–Kier alpha value is -0.880. The number of esters is 1. The van der Waals surface area contributed by atoms with Crippen LogP contribution in [-0.4, -0.2) is 22.8 Å². The Morgan fingerprint density at radius 1 is 1.26 bits per heavy atom. The van der Waals surface area contributed by atoms with Crippen molar-refractivity contribution in [3.8, 4) is 0 Å². The topological polar surface area (TPSA) is 55.4 Å². The van der Waals surface area contributed by atoms with E-state index in [-0.39, 0.29) is 46.5 Å². The number of benzene rings is 1. The van der Waals surface area contributed by atoms with E-state index < -0.39 is 0 Å². The fourth-order valence-electron chi connectivity index (χ4n) is 4.47. The van der Waals surface area contributed by atoms with E-state index in [1.54, 1.807) is 0 Å². The maximum absolute atomic E-state index is 12.9. The molecule has 122 valence electrons. The fourth-order valence-corrected chi connectivity index (χ4v) is 5.94. The van der Waals surface area contributed by atoms with Gasteiger partial charge in [-0.3, -0.25) is 9.59 Å². The van der Waals surface area contributed by atoms with Gasteiger partial charge in [-0.1, -0.05) is 31.9 Å². The normalized spacial score (nSPS) is 37.1. The largest absolute Gasteiger partial charge is 0.461 e. The van der Waals surface area contributed by atoms with Gasteiger partial charge in [0.1, 0.15) is 6.10 Å². The van der Waals surface area contributed by atoms with Crippen molar-refractivity contribution in [1.82, 2.24) is 0 Å². The lowest BCUT2D eigenvalue weighted by atomic mass is 9.79. The molecule has 0 aromatic heterocycles. The van der Waals surface area contributed by atoms with Crippen molar-refractivity contribution in [3.63, 3.8) is 0 Å². The van der Waals surface area contributed by atoms with Crippen LogP contribution in [0.4, 0.5) is 5.69 Å². The highest BCUT2D eigenvalue weighted by atomic mass is 79.9. The highest BCUT2D eigenvalue weighted by Crippen LogP contribution is 2.60. The van der Waals surface area contributed by atoms with Gasteiger partial charge in [0, 0.05) is 16.1 Å². The van der Waals surface area contributed by atoms with Gasteiger partial charge in [-0.15, -0.1) is 0 Å². The molecule has 3 aliphatic rings. The Morgan fingerprint density at radius 2 is 2.00 bits per heavy atom. The summed E-state index contributed by atoms with van der Waals surface area (Å²) >= 11 is 7.14. The van der Waals surface area contributed by atoms with Crippen molar-refractivity contribution in [1.29, 1.82) is 0 Å². The Labute approximate surface area is 151 Å². The quantitative estimate of drug-likeness (QED) is 0.562. The van der Waals surface area contributed by atoms with Gasteiger partial charge in [-0.05, 0) is 49.4 Å². The van der Waals surface area contributed by atoms with E-state index in [9.17, 15) is 9.59 Å². The van der Waals surface area contributed by atoms with Gasteiger partial charge < -0.3 is 10.1 Å². The van der Waals surface area contributed by atoms with Crippen molar-refractivity contribution in [2.24, 2.45) is 23.7 Å². The van der Waals surface area contributed by atoms with Crippen LogP contribution >= 0.6 is 31.9 Å². The van der Waals surface area contributed by atoms with Crippen LogP contribution in [0.25, 0.3) is 0 Å². The summed E-state index contributed by atoms with van der Waals surface area (Å²) < 4.78 is 6.49. The first-order valence-electron chi connectivity index (χ1n) is 7.81. The minimum atomic E-state index is -0.293. The standard InChI is InChI=1S/C17H17Br2NO3/c1-6-7(2)11(4-3-10(6)18)20-16(21)12-8-5-9-13(12)17(22)23-15(9)14(8)19/h3-4,8-9,12-15H,5H2,1-2H3,(H,20,21)/t8-,9-,12-,13+,14-,15+/m1/s1. The third-order valence-electron chi connectivity index (χ3n) is 5.80. The Bertz CT molecular complexity index is 720. The van der Waals surface area contributed by atoms with Gasteiger partial charge in [-0.25, -0.2) is 0 Å². The summed E-state index contributed by atoms with van der Waals surface area (Å²) in [4.78, 5) is 25.1. The molecule has 0 unspecified atom stereocenters. The molecule has 1 amide bonds. The van der Waals surface area contributed by atoms with Gasteiger partial charge in [0.25, 0.3) is 0 Å². The number of halogens is 2. The molecule has 2 saturated carbocycles. The van der Waals surface area contributed by atoms with Gasteiger partial charge in [0.05, 0.1) is 16.7 Å². The number of alkyl halides is 1. The Morgan fingerprint density at radius 3 is 2.74 bits per heavy atom. The van der Waals surface area contributed by atoms with E-state index in [0.717, 1.165) is 27.7 Å². The summed E-state index contributed by atoms with van der Waals surface area (Å²) in [6.45, 7) is 4.00. The molecule has 1 saturated heterocycles. The molecule has 1 aromatic rings. The molecular formula is C17H17Br2NO3. The number of hydrogen-bond donors (Lipinski definition) is 1. The number of rotatable bonds is 2. The number of nitrogens with one attached hydrogen (secondary N) is 1. The monoisotopic (exact) mass is 441 g/mol. The molecule has 0 radical (unpaired) electrons. The predicted octanol–water partition coefficient (Wildman–Crippen LogP) is 3.58. The third kappa shape index (κ3) is 2.14. The maximum atomic E-state index is 12.9. The lowest BCUT2D eigenvalue weighted by molar-refractivity contribution is -0.145. The van der Waals surface area contributed by atoms with E-state index in [1.807, 2.05) is 26.0 Å². The van der Waals surface area contributed by atoms with Crippen LogP contribution in [0.3, 0.4) is 0 Å². The average molecular weight is 443 g/mol. The molecule has 6 heteroatoms. The summed E-state index contributed by atoms with van der Waals surface area (Å²) in [5.74, 6) is -0.448. The highest BCUT2D eigenvalue weighted by molar-refractivity contribution is 9.10. The minimum absolute atomic E-state index is 0.0433. The molecular weight excluding hydrogens is 426 g/mol. The van der Waals surface area contributed by atoms with E-state index in [2.05, 4.69) is 37.2 Å². The van der Waals surface area contributed by atoms with Gasteiger partial charge in [0.15, 0.2) is 0 Å². The van der Waals surface area contributed by atoms with Crippen LogP contribution in [0.5, 0.6) is 0 Å². The molecule has 1 heterocycles. The molecule has 4 nitrogen and oxygen atoms in total. The van der Waals surface area contributed by atoms with Gasteiger partial charge in [-0.2, -0.15) is 0 Å². The summed E-state index contributed by atoms with van der Waals surface area (Å²) in [5, 5.41) is 3.04. The van der Waals surface area contributed by atoms with Crippen LogP contribution in [0.2, 0.25) is 0 Å². The van der Waals surface area contributed by atoms with Crippen LogP contribution in [0.15, 0.2) is 16.6 Å². The predicted molar refractivity (Wildman–Crippen MR) is 93.4 cm³/mol. The molecule has 2 aliphatic carbocycles. The van der Waals surface area contributed by atoms with Crippen LogP contribution in [0.1, 0.15) is 17.5 Å². The zero-order chi connectivity index (χ0) is 16.5. The fraction of sp³-hybridized carbons (Fsp3) is 0.529. The van der Waals surface area contributed by atoms with Gasteiger partial charge in [0.2, 0.25) is 5.91 Å². The molecule has 23 heavy (non-hydrogen) atoms. The number of ether oxygens (including phenoxy) is 1. The number of hydrogen-bond acceptors (Lipinski definition) is 3. The van der Waals surface area contributed by atoms with Crippen LogP contribution < -0.4 is 5.32 Å². The summed E-state index contributed by atoms with van der Waals surface area (Å²) in [5.41, 5.74) is 2.96. The second kappa shape index (κ2) is 5.31. The molecule has 1 aromatic carbocycles. The number of anilines is 1. The lowest BCUT2D eigenvalue weighted by Crippen LogP contribution is -2.40. The minimum Gasteiger partial charge on any atom is -0.461 e. The zero-order valence-electron chi connectivity index (χ0n) is 12.8. The lowest BCUT2D eigenvalue weighted by Gasteiger charge is -2.27. The smallest absolute Gasteiger partial charge is 0.310 e. The number of carbonyl (C=O) groups excluding carboxylic acids is 2. The molecule has 6 atom stereocenters. The van der Waals surface area contributed by atoms with Gasteiger partial charge >= 0.3 is 5.97 Å². The van der Waals surface area contributed by atoms with Crippen molar-refractivity contribution in [2.75, 3.05) is 5.32 Å². The summed E-state index contributed by atoms with van der Waals surface area (Å²) in [6, 6.07) is 3.84. The van der Waals surface area contributed by atoms with Crippen LogP contribution in [-0.2, 0) is 14.3 Å². The van der Waals surface area contributed by atoms with Crippen molar-refractivity contribution >= 4 is 49.4 Å². The van der Waals surface area contributed by atoms with E-state index >= 15 is 0 Å². The Balaban J connectivity index is 1.61. The highest BCUT2D eigenvalue weighted by Gasteiger charge is 2.67. The van der Waals surface area contributed by atoms with Crippen molar-refractivity contribution in [3.05, 3.63) is 27.7 Å². The van der Waals surface area contributed by atoms with E-state index in [1.165, 1.54) is 0 Å². The molecule has 2 bridgehead atoms. The summed E-state index contributed by atoms with van der Waals surface area (Å²) in [6.07, 6.45) is 0.853. The van der Waals surface area contributed by atoms with Crippen LogP contribution in [0, 0.1) is 37.5 Å². The SMILES string of the molecule is Cc1c(Br)ccc(NC(=O)[C@@H]2[C@H]3C[C@H]4[C@H](OC(=O)[C@@H]42)[C@@H]3Br)c1C. The first-order chi connectivity index (χ1) is 10.9. The molecule has 1 aliphatic heterocycles. The average Bonchev–Trinajstić information content (AvgIpc) is 3.12. The molecule has 4 rings (SSSR count). The first-order valence-corrected chi connectivity index (χ1v) is 9.52.